The van der Waals surface area contributed by atoms with E-state index in [-0.39, 0.29) is 10.8 Å². The van der Waals surface area contributed by atoms with Crippen molar-refractivity contribution in [3.8, 4) is 0 Å². The lowest BCUT2D eigenvalue weighted by atomic mass is 10.1. The van der Waals surface area contributed by atoms with Crippen molar-refractivity contribution in [3.63, 3.8) is 0 Å². The molecule has 1 unspecified atom stereocenters. The summed E-state index contributed by atoms with van der Waals surface area (Å²) >= 11 is 7.66. The average Bonchev–Trinajstić information content (AvgIpc) is 2.33. The summed E-state index contributed by atoms with van der Waals surface area (Å²) in [7, 11) is 0. The summed E-state index contributed by atoms with van der Waals surface area (Å²) in [5.74, 6) is 2.59. The van der Waals surface area contributed by atoms with Crippen molar-refractivity contribution in [1.82, 2.24) is 5.32 Å². The third-order valence-electron chi connectivity index (χ3n) is 2.73. The van der Waals surface area contributed by atoms with Gasteiger partial charge in [-0.2, -0.15) is 11.8 Å². The van der Waals surface area contributed by atoms with Gasteiger partial charge in [-0.05, 0) is 42.3 Å². The van der Waals surface area contributed by atoms with Crippen LogP contribution in [0.4, 0.5) is 4.39 Å². The summed E-state index contributed by atoms with van der Waals surface area (Å²) in [5, 5.41) is 3.66. The van der Waals surface area contributed by atoms with E-state index >= 15 is 0 Å². The van der Waals surface area contributed by atoms with Gasteiger partial charge in [0.25, 0.3) is 0 Å². The Labute approximate surface area is 125 Å². The van der Waals surface area contributed by atoms with E-state index in [9.17, 15) is 4.39 Å². The van der Waals surface area contributed by atoms with Crippen LogP contribution in [-0.2, 0) is 6.42 Å². The Morgan fingerprint density at radius 3 is 2.63 bits per heavy atom. The van der Waals surface area contributed by atoms with Crippen molar-refractivity contribution in [2.45, 2.75) is 33.2 Å². The van der Waals surface area contributed by atoms with Crippen molar-refractivity contribution >= 4 is 23.4 Å². The number of benzene rings is 1. The molecule has 0 radical (unpaired) electrons. The first-order chi connectivity index (χ1) is 9.02. The molecule has 0 saturated heterocycles. The first kappa shape index (κ1) is 16.8. The molecule has 19 heavy (non-hydrogen) atoms. The van der Waals surface area contributed by atoms with E-state index in [2.05, 4.69) is 26.1 Å². The molecule has 1 aromatic carbocycles. The zero-order valence-electron chi connectivity index (χ0n) is 11.9. The summed E-state index contributed by atoms with van der Waals surface area (Å²) in [6.45, 7) is 7.49. The van der Waals surface area contributed by atoms with Crippen LogP contribution in [0, 0.1) is 11.7 Å². The van der Waals surface area contributed by atoms with Crippen LogP contribution in [0.5, 0.6) is 0 Å². The Balaban J connectivity index is 2.54. The standard InChI is InChI=1S/C15H23ClFNS/c1-4-18-13(10-19-9-11(2)3)7-12-5-6-14(16)15(17)8-12/h5-6,8,11,13,18H,4,7,9-10H2,1-3H3. The molecule has 0 aliphatic rings. The lowest BCUT2D eigenvalue weighted by molar-refractivity contribution is 0.567. The molecule has 108 valence electrons. The number of hydrogen-bond acceptors (Lipinski definition) is 2. The van der Waals surface area contributed by atoms with E-state index in [4.69, 9.17) is 11.6 Å². The number of nitrogens with one attached hydrogen (secondary N) is 1. The van der Waals surface area contributed by atoms with Crippen LogP contribution < -0.4 is 5.32 Å². The predicted molar refractivity (Wildman–Crippen MR) is 84.7 cm³/mol. The quantitative estimate of drug-likeness (QED) is 0.764. The maximum atomic E-state index is 13.4. The molecule has 0 aliphatic heterocycles. The molecule has 0 amide bonds. The number of likely N-dealkylation sites (N-methyl/N-ethyl adjacent to an activating group) is 1. The van der Waals surface area contributed by atoms with Gasteiger partial charge < -0.3 is 5.32 Å². The molecule has 1 nitrogen and oxygen atoms in total. The molecule has 0 spiro atoms. The van der Waals surface area contributed by atoms with Crippen molar-refractivity contribution < 1.29 is 4.39 Å². The second-order valence-corrected chi connectivity index (χ2v) is 6.62. The SMILES string of the molecule is CCNC(CSCC(C)C)Cc1ccc(Cl)c(F)c1. The average molecular weight is 304 g/mol. The maximum absolute atomic E-state index is 13.4. The molecule has 1 atom stereocenters. The van der Waals surface area contributed by atoms with Gasteiger partial charge in [0, 0.05) is 11.8 Å². The van der Waals surface area contributed by atoms with Crippen LogP contribution in [0.15, 0.2) is 18.2 Å². The highest BCUT2D eigenvalue weighted by Crippen LogP contribution is 2.18. The van der Waals surface area contributed by atoms with E-state index in [0.29, 0.717) is 12.0 Å². The van der Waals surface area contributed by atoms with E-state index < -0.39 is 0 Å². The third-order valence-corrected chi connectivity index (χ3v) is 4.58. The third kappa shape index (κ3) is 6.64. The molecule has 0 saturated carbocycles. The van der Waals surface area contributed by atoms with Gasteiger partial charge in [0.05, 0.1) is 5.02 Å². The summed E-state index contributed by atoms with van der Waals surface area (Å²) in [6, 6.07) is 5.47. The van der Waals surface area contributed by atoms with Gasteiger partial charge in [-0.25, -0.2) is 4.39 Å². The molecular formula is C15H23ClFNS. The molecule has 0 aliphatic carbocycles. The minimum Gasteiger partial charge on any atom is -0.313 e. The Bertz CT molecular complexity index is 384. The minimum atomic E-state index is -0.329. The zero-order valence-corrected chi connectivity index (χ0v) is 13.5. The topological polar surface area (TPSA) is 12.0 Å². The van der Waals surface area contributed by atoms with Gasteiger partial charge in [-0.15, -0.1) is 0 Å². The number of hydrogen-bond donors (Lipinski definition) is 1. The van der Waals surface area contributed by atoms with Gasteiger partial charge in [0.1, 0.15) is 5.82 Å². The summed E-state index contributed by atoms with van der Waals surface area (Å²) < 4.78 is 13.4. The van der Waals surface area contributed by atoms with Gasteiger partial charge in [0.2, 0.25) is 0 Å². The van der Waals surface area contributed by atoms with E-state index in [0.717, 1.165) is 30.0 Å². The summed E-state index contributed by atoms with van der Waals surface area (Å²) in [5.41, 5.74) is 0.998. The van der Waals surface area contributed by atoms with E-state index in [1.54, 1.807) is 12.1 Å². The maximum Gasteiger partial charge on any atom is 0.142 e. The molecule has 4 heteroatoms. The Morgan fingerprint density at radius 1 is 1.32 bits per heavy atom. The number of thioether (sulfide) groups is 1. The van der Waals surface area contributed by atoms with Crippen LogP contribution in [0.2, 0.25) is 5.02 Å². The molecule has 1 aromatic rings. The fraction of sp³-hybridized carbons (Fsp3) is 0.600. The second-order valence-electron chi connectivity index (χ2n) is 5.14. The number of halogens is 2. The van der Waals surface area contributed by atoms with Crippen LogP contribution in [-0.4, -0.2) is 24.1 Å². The normalized spacial score (nSPS) is 12.9. The lowest BCUT2D eigenvalue weighted by Crippen LogP contribution is -2.33. The van der Waals surface area contributed by atoms with E-state index in [1.807, 2.05) is 17.8 Å². The van der Waals surface area contributed by atoms with Crippen molar-refractivity contribution in [1.29, 1.82) is 0 Å². The first-order valence-electron chi connectivity index (χ1n) is 6.78. The Morgan fingerprint density at radius 2 is 2.05 bits per heavy atom. The van der Waals surface area contributed by atoms with Crippen molar-refractivity contribution in [2.24, 2.45) is 5.92 Å². The van der Waals surface area contributed by atoms with Crippen LogP contribution in [0.25, 0.3) is 0 Å². The smallest absolute Gasteiger partial charge is 0.142 e. The molecule has 0 bridgehead atoms. The Kier molecular flexibility index (Phi) is 7.81. The molecule has 0 heterocycles. The number of rotatable bonds is 8. The highest BCUT2D eigenvalue weighted by molar-refractivity contribution is 7.99. The largest absolute Gasteiger partial charge is 0.313 e. The van der Waals surface area contributed by atoms with Gasteiger partial charge in [-0.3, -0.25) is 0 Å². The van der Waals surface area contributed by atoms with Crippen LogP contribution in [0.3, 0.4) is 0 Å². The minimum absolute atomic E-state index is 0.193. The molecule has 0 aromatic heterocycles. The van der Waals surface area contributed by atoms with E-state index in [1.165, 1.54) is 0 Å². The van der Waals surface area contributed by atoms with Crippen LogP contribution >= 0.6 is 23.4 Å². The van der Waals surface area contributed by atoms with Gasteiger partial charge in [0.15, 0.2) is 0 Å². The molecular weight excluding hydrogens is 281 g/mol. The summed E-state index contributed by atoms with van der Waals surface area (Å²) in [6.07, 6.45) is 0.840. The first-order valence-corrected chi connectivity index (χ1v) is 8.31. The second kappa shape index (κ2) is 8.83. The lowest BCUT2D eigenvalue weighted by Gasteiger charge is -2.18. The molecule has 1 N–H and O–H groups in total. The fourth-order valence-corrected chi connectivity index (χ4v) is 3.12. The van der Waals surface area contributed by atoms with Crippen molar-refractivity contribution in [2.75, 3.05) is 18.1 Å². The Hall–Kier alpha value is -0.250. The zero-order chi connectivity index (χ0) is 14.3. The van der Waals surface area contributed by atoms with Crippen LogP contribution in [0.1, 0.15) is 26.3 Å². The van der Waals surface area contributed by atoms with Gasteiger partial charge in [-0.1, -0.05) is 38.4 Å². The van der Waals surface area contributed by atoms with Crippen molar-refractivity contribution in [3.05, 3.63) is 34.6 Å². The monoisotopic (exact) mass is 303 g/mol. The molecule has 1 rings (SSSR count). The highest BCUT2D eigenvalue weighted by Gasteiger charge is 2.10. The van der Waals surface area contributed by atoms with Gasteiger partial charge >= 0.3 is 0 Å². The highest BCUT2D eigenvalue weighted by atomic mass is 35.5. The predicted octanol–water partition coefficient (Wildman–Crippen LogP) is 4.39. The fourth-order valence-electron chi connectivity index (χ4n) is 1.88. The summed E-state index contributed by atoms with van der Waals surface area (Å²) in [4.78, 5) is 0. The molecule has 0 fully saturated rings.